The average Bonchev–Trinajstić information content (AvgIpc) is 2.45. The molecule has 0 radical (unpaired) electrons. The molecule has 0 bridgehead atoms. The third-order valence-electron chi connectivity index (χ3n) is 3.13. The van der Waals surface area contributed by atoms with Gasteiger partial charge in [-0.2, -0.15) is 0 Å². The largest absolute Gasteiger partial charge is 0.326 e. The molecule has 0 aliphatic carbocycles. The van der Waals surface area contributed by atoms with E-state index in [0.29, 0.717) is 16.3 Å². The molecule has 1 amide bonds. The van der Waals surface area contributed by atoms with Crippen LogP contribution in [0.5, 0.6) is 0 Å². The molecule has 0 saturated carbocycles. The second kappa shape index (κ2) is 7.74. The minimum atomic E-state index is -3.55. The predicted octanol–water partition coefficient (Wildman–Crippen LogP) is 3.10. The molecule has 24 heavy (non-hydrogen) atoms. The maximum atomic E-state index is 13.0. The van der Waals surface area contributed by atoms with E-state index in [4.69, 9.17) is 11.6 Å². The molecular formula is C16H16ClFN2O3S. The molecule has 0 heterocycles. The van der Waals surface area contributed by atoms with Crippen molar-refractivity contribution >= 4 is 33.2 Å². The highest BCUT2D eigenvalue weighted by Gasteiger charge is 2.20. The van der Waals surface area contributed by atoms with Crippen LogP contribution in [0.15, 0.2) is 48.5 Å². The first-order chi connectivity index (χ1) is 11.2. The van der Waals surface area contributed by atoms with E-state index in [1.54, 1.807) is 24.3 Å². The zero-order valence-electron chi connectivity index (χ0n) is 12.8. The molecule has 1 atom stereocenters. The molecule has 0 unspecified atom stereocenters. The van der Waals surface area contributed by atoms with Crippen molar-refractivity contribution in [3.63, 3.8) is 0 Å². The molecule has 8 heteroatoms. The van der Waals surface area contributed by atoms with Crippen molar-refractivity contribution in [2.45, 2.75) is 12.5 Å². The highest BCUT2D eigenvalue weighted by molar-refractivity contribution is 7.88. The summed E-state index contributed by atoms with van der Waals surface area (Å²) in [4.78, 5) is 12.2. The van der Waals surface area contributed by atoms with E-state index < -0.39 is 27.8 Å². The second-order valence-electron chi connectivity index (χ2n) is 5.26. The lowest BCUT2D eigenvalue weighted by molar-refractivity contribution is -0.116. The van der Waals surface area contributed by atoms with Crippen molar-refractivity contribution < 1.29 is 17.6 Å². The van der Waals surface area contributed by atoms with E-state index in [0.717, 1.165) is 6.26 Å². The maximum absolute atomic E-state index is 13.0. The zero-order chi connectivity index (χ0) is 17.7. The zero-order valence-corrected chi connectivity index (χ0v) is 14.4. The molecule has 2 aromatic rings. The molecule has 0 aromatic heterocycles. The lowest BCUT2D eigenvalue weighted by Crippen LogP contribution is -2.30. The second-order valence-corrected chi connectivity index (χ2v) is 7.47. The highest BCUT2D eigenvalue weighted by atomic mass is 35.5. The number of hydrogen-bond acceptors (Lipinski definition) is 3. The summed E-state index contributed by atoms with van der Waals surface area (Å²) < 4.78 is 38.5. The number of amides is 1. The molecule has 2 N–H and O–H groups in total. The smallest absolute Gasteiger partial charge is 0.226 e. The van der Waals surface area contributed by atoms with Gasteiger partial charge in [-0.25, -0.2) is 17.5 Å². The quantitative estimate of drug-likeness (QED) is 0.820. The van der Waals surface area contributed by atoms with Crippen molar-refractivity contribution in [3.8, 4) is 0 Å². The summed E-state index contributed by atoms with van der Waals surface area (Å²) >= 11 is 5.85. The molecular weight excluding hydrogens is 355 g/mol. The number of halogens is 2. The van der Waals surface area contributed by atoms with Gasteiger partial charge < -0.3 is 5.32 Å². The van der Waals surface area contributed by atoms with E-state index in [9.17, 15) is 17.6 Å². The van der Waals surface area contributed by atoms with Gasteiger partial charge in [0.25, 0.3) is 0 Å². The number of hydrogen-bond donors (Lipinski definition) is 2. The predicted molar refractivity (Wildman–Crippen MR) is 91.8 cm³/mol. The fourth-order valence-electron chi connectivity index (χ4n) is 2.14. The number of carbonyl (C=O) groups excluding carboxylic acids is 1. The molecule has 0 fully saturated rings. The summed E-state index contributed by atoms with van der Waals surface area (Å²) in [6, 6.07) is 11.1. The Bertz CT molecular complexity index is 825. The Balaban J connectivity index is 2.15. The first kappa shape index (κ1) is 18.4. The fourth-order valence-corrected chi connectivity index (χ4v) is 3.07. The fraction of sp³-hybridized carbons (Fsp3) is 0.188. The van der Waals surface area contributed by atoms with Gasteiger partial charge in [0.1, 0.15) is 5.82 Å². The average molecular weight is 371 g/mol. The topological polar surface area (TPSA) is 75.3 Å². The Morgan fingerprint density at radius 2 is 1.88 bits per heavy atom. The van der Waals surface area contributed by atoms with Crippen LogP contribution in [0.4, 0.5) is 10.1 Å². The molecule has 0 spiro atoms. The Labute approximate surface area is 144 Å². The molecule has 2 rings (SSSR count). The van der Waals surface area contributed by atoms with Gasteiger partial charge in [-0.05, 0) is 35.9 Å². The van der Waals surface area contributed by atoms with E-state index >= 15 is 0 Å². The van der Waals surface area contributed by atoms with Gasteiger partial charge in [-0.3, -0.25) is 4.79 Å². The van der Waals surface area contributed by atoms with Crippen LogP contribution in [0.3, 0.4) is 0 Å². The first-order valence-corrected chi connectivity index (χ1v) is 9.28. The molecule has 128 valence electrons. The van der Waals surface area contributed by atoms with Crippen molar-refractivity contribution in [1.82, 2.24) is 4.72 Å². The molecule has 5 nitrogen and oxygen atoms in total. The lowest BCUT2D eigenvalue weighted by Gasteiger charge is -2.18. The van der Waals surface area contributed by atoms with E-state index in [2.05, 4.69) is 10.0 Å². The van der Waals surface area contributed by atoms with Gasteiger partial charge in [0.05, 0.1) is 12.3 Å². The van der Waals surface area contributed by atoms with Crippen LogP contribution in [-0.2, 0) is 14.8 Å². The Kier molecular flexibility index (Phi) is 5.93. The van der Waals surface area contributed by atoms with E-state index in [1.807, 2.05) is 0 Å². The standard InChI is InChI=1S/C16H16ClFN2O3S/c1-24(22,23)20-15(11-5-7-13(18)8-6-11)10-16(21)19-14-4-2-3-12(17)9-14/h2-9,15,20H,10H2,1H3,(H,19,21)/t15-/m0/s1. The monoisotopic (exact) mass is 370 g/mol. The van der Waals surface area contributed by atoms with Crippen molar-refractivity contribution in [1.29, 1.82) is 0 Å². The van der Waals surface area contributed by atoms with Crippen LogP contribution in [0, 0.1) is 5.82 Å². The van der Waals surface area contributed by atoms with Gasteiger partial charge >= 0.3 is 0 Å². The van der Waals surface area contributed by atoms with Crippen molar-refractivity contribution in [2.75, 3.05) is 11.6 Å². The maximum Gasteiger partial charge on any atom is 0.226 e. The summed E-state index contributed by atoms with van der Waals surface area (Å²) in [6.07, 6.45) is 0.851. The number of benzene rings is 2. The van der Waals surface area contributed by atoms with Crippen molar-refractivity contribution in [2.24, 2.45) is 0 Å². The van der Waals surface area contributed by atoms with E-state index in [-0.39, 0.29) is 6.42 Å². The van der Waals surface area contributed by atoms with Gasteiger partial charge in [-0.15, -0.1) is 0 Å². The van der Waals surface area contributed by atoms with Gasteiger partial charge in [0.2, 0.25) is 15.9 Å². The summed E-state index contributed by atoms with van der Waals surface area (Å²) in [6.45, 7) is 0. The van der Waals surface area contributed by atoms with Gasteiger partial charge in [-0.1, -0.05) is 29.8 Å². The summed E-state index contributed by atoms with van der Waals surface area (Å²) in [7, 11) is -3.55. The van der Waals surface area contributed by atoms with Crippen LogP contribution >= 0.6 is 11.6 Å². The number of sulfonamides is 1. The number of anilines is 1. The van der Waals surface area contributed by atoms with Crippen molar-refractivity contribution in [3.05, 3.63) is 64.9 Å². The summed E-state index contributed by atoms with van der Waals surface area (Å²) in [5.74, 6) is -0.844. The first-order valence-electron chi connectivity index (χ1n) is 7.01. The molecule has 0 aliphatic rings. The summed E-state index contributed by atoms with van der Waals surface area (Å²) in [5, 5.41) is 3.12. The Hall–Kier alpha value is -1.96. The van der Waals surface area contributed by atoms with Crippen LogP contribution in [-0.4, -0.2) is 20.6 Å². The van der Waals surface area contributed by atoms with Gasteiger partial charge in [0, 0.05) is 17.1 Å². The van der Waals surface area contributed by atoms with E-state index in [1.165, 1.54) is 24.3 Å². The number of carbonyl (C=O) groups is 1. The highest BCUT2D eigenvalue weighted by Crippen LogP contribution is 2.20. The third kappa shape index (κ3) is 5.92. The molecule has 0 aliphatic heterocycles. The minimum absolute atomic E-state index is 0.148. The summed E-state index contributed by atoms with van der Waals surface area (Å²) in [5.41, 5.74) is 0.993. The SMILES string of the molecule is CS(=O)(=O)N[C@@H](CC(=O)Nc1cccc(Cl)c1)c1ccc(F)cc1. The van der Waals surface area contributed by atoms with Crippen LogP contribution < -0.4 is 10.0 Å². The molecule has 2 aromatic carbocycles. The Morgan fingerprint density at radius 3 is 2.46 bits per heavy atom. The number of nitrogens with one attached hydrogen (secondary N) is 2. The van der Waals surface area contributed by atoms with Crippen LogP contribution in [0.1, 0.15) is 18.0 Å². The lowest BCUT2D eigenvalue weighted by atomic mass is 10.0. The third-order valence-corrected chi connectivity index (χ3v) is 4.07. The minimum Gasteiger partial charge on any atom is -0.326 e. The normalized spacial score (nSPS) is 12.6. The van der Waals surface area contributed by atoms with Gasteiger partial charge in [0.15, 0.2) is 0 Å². The molecule has 0 saturated heterocycles. The number of rotatable bonds is 6. The Morgan fingerprint density at radius 1 is 1.21 bits per heavy atom. The van der Waals surface area contributed by atoms with Crippen LogP contribution in [0.25, 0.3) is 0 Å². The van der Waals surface area contributed by atoms with Crippen LogP contribution in [0.2, 0.25) is 5.02 Å².